The zero-order valence-electron chi connectivity index (χ0n) is 21.2. The molecule has 3 aromatic carbocycles. The number of alkyl halides is 3. The van der Waals surface area contributed by atoms with Crippen molar-refractivity contribution in [3.05, 3.63) is 83.8 Å². The molecule has 11 heteroatoms. The number of aryl methyl sites for hydroxylation is 2. The Hall–Kier alpha value is -4.93. The van der Waals surface area contributed by atoms with Crippen LogP contribution in [0.15, 0.2) is 67.1 Å². The van der Waals surface area contributed by atoms with E-state index in [1.807, 2.05) is 19.2 Å². The minimum Gasteiger partial charge on any atom is -0.495 e. The van der Waals surface area contributed by atoms with Gasteiger partial charge in [-0.2, -0.15) is 18.3 Å². The fourth-order valence-electron chi connectivity index (χ4n) is 4.43. The zero-order chi connectivity index (χ0) is 27.9. The average molecular weight is 533 g/mol. The van der Waals surface area contributed by atoms with Crippen molar-refractivity contribution >= 4 is 28.4 Å². The Labute approximate surface area is 221 Å². The molecule has 0 radical (unpaired) electrons. The minimum absolute atomic E-state index is 0.0360. The van der Waals surface area contributed by atoms with Gasteiger partial charge < -0.3 is 15.8 Å². The van der Waals surface area contributed by atoms with Crippen LogP contribution < -0.4 is 15.8 Å². The second-order valence-electron chi connectivity index (χ2n) is 8.96. The molecule has 0 fully saturated rings. The van der Waals surface area contributed by atoms with E-state index in [1.165, 1.54) is 19.2 Å². The van der Waals surface area contributed by atoms with Crippen molar-refractivity contribution in [3.63, 3.8) is 0 Å². The molecule has 0 saturated carbocycles. The Morgan fingerprint density at radius 3 is 2.56 bits per heavy atom. The van der Waals surface area contributed by atoms with E-state index in [4.69, 9.17) is 10.5 Å². The smallest absolute Gasteiger partial charge is 0.416 e. The maximum Gasteiger partial charge on any atom is 0.416 e. The first-order valence-electron chi connectivity index (χ1n) is 11.8. The molecule has 3 N–H and O–H groups in total. The number of amides is 1. The fourth-order valence-corrected chi connectivity index (χ4v) is 4.43. The molecule has 0 unspecified atom stereocenters. The van der Waals surface area contributed by atoms with E-state index < -0.39 is 17.6 Å². The van der Waals surface area contributed by atoms with Gasteiger partial charge in [0.1, 0.15) is 5.75 Å². The maximum atomic E-state index is 13.1. The second kappa shape index (κ2) is 9.75. The Kier molecular flexibility index (Phi) is 6.43. The third-order valence-electron chi connectivity index (χ3n) is 6.28. The van der Waals surface area contributed by atoms with Crippen molar-refractivity contribution < 1.29 is 22.7 Å². The molecule has 0 aliphatic carbocycles. The van der Waals surface area contributed by atoms with E-state index in [0.29, 0.717) is 33.3 Å². The molecule has 0 saturated heterocycles. The van der Waals surface area contributed by atoms with Gasteiger partial charge in [-0.15, -0.1) is 0 Å². The molecular weight excluding hydrogens is 509 g/mol. The molecule has 0 aliphatic heterocycles. The van der Waals surface area contributed by atoms with Gasteiger partial charge in [0.2, 0.25) is 5.95 Å². The van der Waals surface area contributed by atoms with Crippen LogP contribution in [0.1, 0.15) is 21.5 Å². The molecule has 8 nitrogen and oxygen atoms in total. The largest absolute Gasteiger partial charge is 0.495 e. The number of aromatic nitrogens is 4. The van der Waals surface area contributed by atoms with Crippen LogP contribution in [0.25, 0.3) is 33.2 Å². The Bertz CT molecular complexity index is 1730. The van der Waals surface area contributed by atoms with Gasteiger partial charge >= 0.3 is 6.18 Å². The number of methoxy groups -OCH3 is 1. The summed E-state index contributed by atoms with van der Waals surface area (Å²) in [5, 5.41) is 7.53. The van der Waals surface area contributed by atoms with Gasteiger partial charge in [-0.1, -0.05) is 12.1 Å². The highest BCUT2D eigenvalue weighted by Crippen LogP contribution is 2.44. The van der Waals surface area contributed by atoms with Gasteiger partial charge in [0.15, 0.2) is 0 Å². The summed E-state index contributed by atoms with van der Waals surface area (Å²) in [5.41, 5.74) is 9.52. The summed E-state index contributed by atoms with van der Waals surface area (Å²) in [7, 11) is 3.33. The Morgan fingerprint density at radius 1 is 1.08 bits per heavy atom. The minimum atomic E-state index is -4.52. The van der Waals surface area contributed by atoms with Crippen LogP contribution in [0.3, 0.4) is 0 Å². The number of hydrogen-bond acceptors (Lipinski definition) is 6. The molecular formula is C28H23F3N6O2. The summed E-state index contributed by atoms with van der Waals surface area (Å²) in [6, 6.07) is 11.4. The first kappa shape index (κ1) is 25.7. The third kappa shape index (κ3) is 4.98. The van der Waals surface area contributed by atoms with Gasteiger partial charge in [-0.05, 0) is 54.4 Å². The van der Waals surface area contributed by atoms with Crippen molar-refractivity contribution in [1.82, 2.24) is 19.7 Å². The monoisotopic (exact) mass is 532 g/mol. The number of halogens is 3. The molecule has 198 valence electrons. The molecule has 0 aliphatic rings. The summed E-state index contributed by atoms with van der Waals surface area (Å²) < 4.78 is 46.9. The van der Waals surface area contributed by atoms with Crippen LogP contribution in [0, 0.1) is 6.92 Å². The van der Waals surface area contributed by atoms with E-state index in [2.05, 4.69) is 20.4 Å². The maximum absolute atomic E-state index is 13.1. The third-order valence-corrected chi connectivity index (χ3v) is 6.28. The first-order valence-corrected chi connectivity index (χ1v) is 11.8. The molecule has 5 aromatic rings. The molecule has 0 atom stereocenters. The van der Waals surface area contributed by atoms with Crippen LogP contribution in [0.4, 0.5) is 24.8 Å². The number of rotatable bonds is 5. The van der Waals surface area contributed by atoms with E-state index in [-0.39, 0.29) is 17.2 Å². The van der Waals surface area contributed by atoms with Crippen molar-refractivity contribution in [3.8, 4) is 28.0 Å². The first-order chi connectivity index (χ1) is 18.5. The number of carbonyl (C=O) groups excluding carboxylic acids is 1. The number of nitrogens with two attached hydrogens (primary N) is 1. The molecule has 5 rings (SSSR count). The van der Waals surface area contributed by atoms with Gasteiger partial charge in [0, 0.05) is 47.2 Å². The number of ether oxygens (including phenoxy) is 1. The second-order valence-corrected chi connectivity index (χ2v) is 8.96. The topological polar surface area (TPSA) is 108 Å². The number of benzene rings is 3. The lowest BCUT2D eigenvalue weighted by Crippen LogP contribution is -2.13. The normalized spacial score (nSPS) is 11.5. The van der Waals surface area contributed by atoms with Crippen LogP contribution in [-0.4, -0.2) is 32.8 Å². The van der Waals surface area contributed by atoms with Crippen molar-refractivity contribution in [2.24, 2.45) is 7.05 Å². The molecule has 0 bridgehead atoms. The molecule has 2 heterocycles. The Morgan fingerprint density at radius 2 is 1.87 bits per heavy atom. The number of fused-ring (bicyclic) bond motifs is 1. The van der Waals surface area contributed by atoms with Crippen LogP contribution in [-0.2, 0) is 13.2 Å². The zero-order valence-corrected chi connectivity index (χ0v) is 21.2. The van der Waals surface area contributed by atoms with Crippen molar-refractivity contribution in [1.29, 1.82) is 0 Å². The highest BCUT2D eigenvalue weighted by Gasteiger charge is 2.30. The molecule has 0 spiro atoms. The van der Waals surface area contributed by atoms with Crippen molar-refractivity contribution in [2.75, 3.05) is 18.2 Å². The van der Waals surface area contributed by atoms with E-state index >= 15 is 0 Å². The lowest BCUT2D eigenvalue weighted by Gasteiger charge is -2.18. The number of hydrogen-bond donors (Lipinski definition) is 2. The lowest BCUT2D eigenvalue weighted by molar-refractivity contribution is -0.137. The van der Waals surface area contributed by atoms with Gasteiger partial charge in [-0.25, -0.2) is 9.97 Å². The quantitative estimate of drug-likeness (QED) is 0.293. The van der Waals surface area contributed by atoms with E-state index in [1.54, 1.807) is 42.3 Å². The number of carbonyl (C=O) groups is 1. The molecule has 1 amide bonds. The highest BCUT2D eigenvalue weighted by molar-refractivity contribution is 6.06. The van der Waals surface area contributed by atoms with Gasteiger partial charge in [-0.3, -0.25) is 9.48 Å². The van der Waals surface area contributed by atoms with Gasteiger partial charge in [0.25, 0.3) is 5.91 Å². The van der Waals surface area contributed by atoms with Crippen LogP contribution in [0.5, 0.6) is 5.75 Å². The van der Waals surface area contributed by atoms with Crippen molar-refractivity contribution in [2.45, 2.75) is 13.1 Å². The molecule has 39 heavy (non-hydrogen) atoms. The number of anilines is 2. The van der Waals surface area contributed by atoms with E-state index in [9.17, 15) is 18.0 Å². The number of nitrogens with zero attached hydrogens (tertiary/aromatic N) is 4. The predicted octanol–water partition coefficient (Wildman–Crippen LogP) is 5.87. The summed E-state index contributed by atoms with van der Waals surface area (Å²) in [6.07, 6.45) is 0.598. The fraction of sp³-hybridized carbons (Fsp3) is 0.143. The summed E-state index contributed by atoms with van der Waals surface area (Å²) >= 11 is 0. The average Bonchev–Trinajstić information content (AvgIpc) is 3.33. The summed E-state index contributed by atoms with van der Waals surface area (Å²) in [5.74, 6) is 0.0398. The highest BCUT2D eigenvalue weighted by atomic mass is 19.4. The van der Waals surface area contributed by atoms with Crippen LogP contribution >= 0.6 is 0 Å². The SMILES string of the molecule is COc1c(-c2cc(C(=O)Nc3cccc(C(F)(F)F)c3)ccc2C)cc2cnc(N)nc2c1-c1cnn(C)c1. The molecule has 2 aromatic heterocycles. The number of nitrogen functional groups attached to an aromatic ring is 1. The Balaban J connectivity index is 1.63. The summed E-state index contributed by atoms with van der Waals surface area (Å²) in [4.78, 5) is 21.7. The van der Waals surface area contributed by atoms with E-state index in [0.717, 1.165) is 23.3 Å². The summed E-state index contributed by atoms with van der Waals surface area (Å²) in [6.45, 7) is 1.89. The lowest BCUT2D eigenvalue weighted by atomic mass is 9.92. The predicted molar refractivity (Wildman–Crippen MR) is 142 cm³/mol. The van der Waals surface area contributed by atoms with Crippen LogP contribution in [0.2, 0.25) is 0 Å². The van der Waals surface area contributed by atoms with Gasteiger partial charge in [0.05, 0.1) is 30.0 Å². The standard InChI is InChI=1S/C28H23F3N6O2/c1-15-7-8-16(26(38)35-20-6-4-5-19(11-20)28(29,30)31)9-21(15)22-10-17-12-33-27(32)36-24(17)23(25(22)39-3)18-13-34-37(2)14-18/h4-14H,1-3H3,(H,35,38)(H2,32,33,36). The number of nitrogens with one attached hydrogen (secondary N) is 1.